The summed E-state index contributed by atoms with van der Waals surface area (Å²) in [5.41, 5.74) is 1.97. The minimum absolute atomic E-state index is 0.0402. The Hall–Kier alpha value is -2.04. The summed E-state index contributed by atoms with van der Waals surface area (Å²) in [4.78, 5) is 22.8. The van der Waals surface area contributed by atoms with E-state index in [1.165, 1.54) is 14.2 Å². The zero-order valence-corrected chi connectivity index (χ0v) is 15.7. The van der Waals surface area contributed by atoms with Crippen LogP contribution in [0.4, 0.5) is 5.69 Å². The molecular weight excluding hydrogens is 294 g/mol. The first-order valence-electron chi connectivity index (χ1n) is 8.24. The van der Waals surface area contributed by atoms with Gasteiger partial charge >= 0.3 is 5.97 Å². The van der Waals surface area contributed by atoms with E-state index in [0.717, 1.165) is 5.56 Å². The summed E-state index contributed by atoms with van der Waals surface area (Å²) in [6.07, 6.45) is 1.02. The highest BCUT2D eigenvalue weighted by Crippen LogP contribution is 2.34. The lowest BCUT2D eigenvalue weighted by Gasteiger charge is -2.20. The van der Waals surface area contributed by atoms with Crippen LogP contribution in [-0.2, 0) is 16.0 Å². The molecule has 0 saturated carbocycles. The summed E-state index contributed by atoms with van der Waals surface area (Å²) in [6, 6.07) is 3.29. The molecule has 1 N–H and O–H groups in total. The zero-order chi connectivity index (χ0) is 18.4. The maximum Gasteiger partial charge on any atom is 0.337 e. The van der Waals surface area contributed by atoms with Crippen LogP contribution in [0.2, 0.25) is 0 Å². The van der Waals surface area contributed by atoms with Gasteiger partial charge in [-0.3, -0.25) is 4.79 Å². The van der Waals surface area contributed by atoms with E-state index >= 15 is 0 Å². The molecule has 0 fully saturated rings. The average molecular weight is 325 g/mol. The van der Waals surface area contributed by atoms with Crippen molar-refractivity contribution in [2.24, 2.45) is 0 Å². The molecule has 2 rings (SSSR count). The Labute approximate surface area is 140 Å². The third-order valence-corrected chi connectivity index (χ3v) is 2.71. The lowest BCUT2D eigenvalue weighted by molar-refractivity contribution is -0.116. The van der Waals surface area contributed by atoms with Gasteiger partial charge in [-0.15, -0.1) is 0 Å². The fraction of sp³-hybridized carbons (Fsp3) is 0.556. The van der Waals surface area contributed by atoms with Crippen LogP contribution >= 0.6 is 0 Å². The van der Waals surface area contributed by atoms with Gasteiger partial charge in [0.05, 0.1) is 25.5 Å². The first-order valence-corrected chi connectivity index (χ1v) is 8.24. The SMILES string of the molecule is CC.CC.CC.COC(=O)c1cc2c(c(OC)c1)NC(=O)CC2. The number of hydrogen-bond acceptors (Lipinski definition) is 4. The van der Waals surface area contributed by atoms with Crippen LogP contribution in [0, 0.1) is 0 Å². The zero-order valence-electron chi connectivity index (χ0n) is 15.7. The summed E-state index contributed by atoms with van der Waals surface area (Å²) in [7, 11) is 2.83. The van der Waals surface area contributed by atoms with E-state index in [1.807, 2.05) is 41.5 Å². The summed E-state index contributed by atoms with van der Waals surface area (Å²) in [5.74, 6) is 0.0283. The topological polar surface area (TPSA) is 64.6 Å². The second kappa shape index (κ2) is 13.6. The van der Waals surface area contributed by atoms with E-state index in [1.54, 1.807) is 12.1 Å². The van der Waals surface area contributed by atoms with E-state index in [0.29, 0.717) is 29.8 Å². The smallest absolute Gasteiger partial charge is 0.337 e. The quantitative estimate of drug-likeness (QED) is 0.816. The molecule has 1 heterocycles. The molecule has 23 heavy (non-hydrogen) atoms. The van der Waals surface area contributed by atoms with E-state index < -0.39 is 5.97 Å². The number of anilines is 1. The Balaban J connectivity index is 0. The Kier molecular flexibility index (Phi) is 13.7. The molecule has 1 aromatic rings. The maximum absolute atomic E-state index is 11.5. The van der Waals surface area contributed by atoms with Crippen LogP contribution in [0.3, 0.4) is 0 Å². The first kappa shape index (κ1) is 23.2. The molecule has 1 aliphatic heterocycles. The number of methoxy groups -OCH3 is 2. The van der Waals surface area contributed by atoms with Gasteiger partial charge in [-0.2, -0.15) is 0 Å². The monoisotopic (exact) mass is 325 g/mol. The van der Waals surface area contributed by atoms with Gasteiger partial charge in [0.2, 0.25) is 5.91 Å². The number of nitrogens with one attached hydrogen (secondary N) is 1. The maximum atomic E-state index is 11.5. The molecule has 132 valence electrons. The van der Waals surface area contributed by atoms with Crippen LogP contribution in [0.25, 0.3) is 0 Å². The Bertz CT molecular complexity index is 467. The van der Waals surface area contributed by atoms with Gasteiger partial charge in [0.15, 0.2) is 0 Å². The fourth-order valence-electron chi connectivity index (χ4n) is 1.86. The highest BCUT2D eigenvalue weighted by molar-refractivity contribution is 5.98. The van der Waals surface area contributed by atoms with Crippen molar-refractivity contribution in [3.63, 3.8) is 0 Å². The average Bonchev–Trinajstić information content (AvgIpc) is 2.65. The van der Waals surface area contributed by atoms with Crippen LogP contribution < -0.4 is 10.1 Å². The Morgan fingerprint density at radius 3 is 2.04 bits per heavy atom. The first-order chi connectivity index (χ1) is 11.2. The molecule has 1 amide bonds. The van der Waals surface area contributed by atoms with Gasteiger partial charge in [-0.05, 0) is 24.1 Å². The standard InChI is InChI=1S/C12H13NO4.3C2H6/c1-16-9-6-8(12(15)17-2)5-7-3-4-10(14)13-11(7)9;3*1-2/h5-6H,3-4H2,1-2H3,(H,13,14);3*1-2H3. The van der Waals surface area contributed by atoms with Crippen molar-refractivity contribution >= 4 is 17.6 Å². The summed E-state index contributed by atoms with van der Waals surface area (Å²) in [5, 5.41) is 2.75. The minimum Gasteiger partial charge on any atom is -0.495 e. The van der Waals surface area contributed by atoms with Crippen molar-refractivity contribution in [3.05, 3.63) is 23.3 Å². The number of amides is 1. The van der Waals surface area contributed by atoms with Gasteiger partial charge in [-0.1, -0.05) is 41.5 Å². The van der Waals surface area contributed by atoms with Gasteiger partial charge in [0.1, 0.15) is 5.75 Å². The van der Waals surface area contributed by atoms with Crippen LogP contribution in [0.15, 0.2) is 12.1 Å². The number of carbonyl (C=O) groups is 2. The molecule has 5 nitrogen and oxygen atoms in total. The third kappa shape index (κ3) is 6.72. The highest BCUT2D eigenvalue weighted by atomic mass is 16.5. The van der Waals surface area contributed by atoms with Crippen molar-refractivity contribution in [2.45, 2.75) is 54.4 Å². The molecule has 0 unspecified atom stereocenters. The van der Waals surface area contributed by atoms with Gasteiger partial charge in [0, 0.05) is 6.42 Å². The van der Waals surface area contributed by atoms with Gasteiger partial charge in [0.25, 0.3) is 0 Å². The molecule has 0 saturated heterocycles. The highest BCUT2D eigenvalue weighted by Gasteiger charge is 2.21. The molecule has 0 spiro atoms. The minimum atomic E-state index is -0.414. The van der Waals surface area contributed by atoms with Crippen LogP contribution in [-0.4, -0.2) is 26.1 Å². The van der Waals surface area contributed by atoms with E-state index in [4.69, 9.17) is 4.74 Å². The number of esters is 1. The van der Waals surface area contributed by atoms with Crippen molar-refractivity contribution < 1.29 is 19.1 Å². The van der Waals surface area contributed by atoms with E-state index in [-0.39, 0.29) is 5.91 Å². The van der Waals surface area contributed by atoms with E-state index in [2.05, 4.69) is 10.1 Å². The Morgan fingerprint density at radius 2 is 1.57 bits per heavy atom. The van der Waals surface area contributed by atoms with Crippen LogP contribution in [0.5, 0.6) is 5.75 Å². The summed E-state index contributed by atoms with van der Waals surface area (Å²) < 4.78 is 9.84. The number of carbonyl (C=O) groups excluding carboxylic acids is 2. The predicted molar refractivity (Wildman–Crippen MR) is 95.3 cm³/mol. The van der Waals surface area contributed by atoms with Crippen molar-refractivity contribution in [1.29, 1.82) is 0 Å². The molecule has 0 radical (unpaired) electrons. The van der Waals surface area contributed by atoms with Crippen LogP contribution in [0.1, 0.15) is 63.9 Å². The second-order valence-corrected chi connectivity index (χ2v) is 3.75. The van der Waals surface area contributed by atoms with E-state index in [9.17, 15) is 9.59 Å². The molecule has 5 heteroatoms. The largest absolute Gasteiger partial charge is 0.495 e. The number of benzene rings is 1. The number of aryl methyl sites for hydroxylation is 1. The normalized spacial score (nSPS) is 10.9. The van der Waals surface area contributed by atoms with Gasteiger partial charge < -0.3 is 14.8 Å². The fourth-order valence-corrected chi connectivity index (χ4v) is 1.86. The lowest BCUT2D eigenvalue weighted by Crippen LogP contribution is -2.20. The number of fused-ring (bicyclic) bond motifs is 1. The number of rotatable bonds is 2. The lowest BCUT2D eigenvalue weighted by atomic mass is 9.99. The number of hydrogen-bond donors (Lipinski definition) is 1. The molecular formula is C18H31NO4. The molecule has 0 aromatic heterocycles. The number of ether oxygens (including phenoxy) is 2. The van der Waals surface area contributed by atoms with Crippen molar-refractivity contribution in [2.75, 3.05) is 19.5 Å². The third-order valence-electron chi connectivity index (χ3n) is 2.71. The predicted octanol–water partition coefficient (Wildman–Crippen LogP) is 4.45. The summed E-state index contributed by atoms with van der Waals surface area (Å²) >= 11 is 0. The molecule has 0 atom stereocenters. The van der Waals surface area contributed by atoms with Crippen molar-refractivity contribution in [1.82, 2.24) is 0 Å². The second-order valence-electron chi connectivity index (χ2n) is 3.75. The molecule has 1 aliphatic rings. The van der Waals surface area contributed by atoms with Crippen molar-refractivity contribution in [3.8, 4) is 5.75 Å². The van der Waals surface area contributed by atoms with Gasteiger partial charge in [-0.25, -0.2) is 4.79 Å². The Morgan fingerprint density at radius 1 is 1.00 bits per heavy atom. The molecule has 1 aromatic carbocycles. The summed E-state index contributed by atoms with van der Waals surface area (Å²) in [6.45, 7) is 12.0. The molecule has 0 bridgehead atoms. The molecule has 0 aliphatic carbocycles.